The van der Waals surface area contributed by atoms with Crippen LogP contribution in [0.5, 0.6) is 0 Å². The number of hydrogen-bond donors (Lipinski definition) is 2. The van der Waals surface area contributed by atoms with Crippen LogP contribution in [0.1, 0.15) is 34.6 Å². The van der Waals surface area contributed by atoms with E-state index in [1.807, 2.05) is 20.8 Å². The Morgan fingerprint density at radius 3 is 1.81 bits per heavy atom. The number of carboxylic acid groups (broad SMARTS) is 1. The van der Waals surface area contributed by atoms with Gasteiger partial charge in [-0.25, -0.2) is 9.18 Å². The number of nitrogens with one attached hydrogen (secondary N) is 1. The second kappa shape index (κ2) is 2.58. The highest BCUT2D eigenvalue weighted by atomic mass is 127. The Balaban J connectivity index is 2.70. The number of hydrogen-bond acceptors (Lipinski definition) is 2. The summed E-state index contributed by atoms with van der Waals surface area (Å²) < 4.78 is 14.2. The average molecular weight is 341 g/mol. The molecule has 16 heavy (non-hydrogen) atoms. The third-order valence-corrected chi connectivity index (χ3v) is 7.59. The quantitative estimate of drug-likeness (QED) is 0.333. The molecule has 1 heterocycles. The van der Waals surface area contributed by atoms with Crippen LogP contribution in [0, 0.1) is 10.8 Å². The zero-order valence-electron chi connectivity index (χ0n) is 10.1. The average Bonchev–Trinajstić information content (AvgIpc) is 2.72. The van der Waals surface area contributed by atoms with Crippen molar-refractivity contribution in [1.29, 1.82) is 0 Å². The summed E-state index contributed by atoms with van der Waals surface area (Å²) in [6, 6.07) is 0. The van der Waals surface area contributed by atoms with Gasteiger partial charge in [-0.2, -0.15) is 0 Å². The maximum Gasteiger partial charge on any atom is 0.330 e. The summed E-state index contributed by atoms with van der Waals surface area (Å²) in [5.74, 6) is -2.91. The van der Waals surface area contributed by atoms with Crippen molar-refractivity contribution < 1.29 is 14.3 Å². The molecule has 1 saturated carbocycles. The van der Waals surface area contributed by atoms with Gasteiger partial charge < -0.3 is 5.11 Å². The van der Waals surface area contributed by atoms with Crippen LogP contribution < -0.4 is 5.32 Å². The number of piperidine rings is 1. The third-order valence-electron chi connectivity index (χ3n) is 5.44. The molecule has 0 aromatic rings. The summed E-state index contributed by atoms with van der Waals surface area (Å²) in [5.41, 5.74) is -2.60. The number of carboxylic acids is 1. The van der Waals surface area contributed by atoms with E-state index in [2.05, 4.69) is 27.9 Å². The number of alkyl halides is 2. The lowest BCUT2D eigenvalue weighted by Crippen LogP contribution is -2.54. The molecule has 0 amide bonds. The lowest BCUT2D eigenvalue weighted by molar-refractivity contribution is -0.141. The van der Waals surface area contributed by atoms with Gasteiger partial charge in [0.15, 0.2) is 11.3 Å². The summed E-state index contributed by atoms with van der Waals surface area (Å²) >= 11 is 2.10. The molecule has 2 rings (SSSR count). The second-order valence-electron chi connectivity index (χ2n) is 6.09. The summed E-state index contributed by atoms with van der Waals surface area (Å²) in [6.07, 6.45) is 0. The molecule has 1 aliphatic carbocycles. The Hall–Kier alpha value is 0.0900. The molecular formula is C11H17FINO2. The molecule has 3 nitrogen and oxygen atoms in total. The highest BCUT2D eigenvalue weighted by molar-refractivity contribution is 14.1. The summed E-state index contributed by atoms with van der Waals surface area (Å²) in [4.78, 5) is 11.5. The largest absolute Gasteiger partial charge is 0.480 e. The highest BCUT2D eigenvalue weighted by Crippen LogP contribution is 2.77. The van der Waals surface area contributed by atoms with E-state index in [4.69, 9.17) is 0 Å². The van der Waals surface area contributed by atoms with Gasteiger partial charge in [-0.3, -0.25) is 5.32 Å². The number of rotatable bonds is 1. The van der Waals surface area contributed by atoms with E-state index in [9.17, 15) is 14.3 Å². The third kappa shape index (κ3) is 0.796. The summed E-state index contributed by atoms with van der Waals surface area (Å²) in [5, 5.41) is 12.0. The Bertz CT molecular complexity index is 387. The van der Waals surface area contributed by atoms with Crippen LogP contribution in [0.4, 0.5) is 4.39 Å². The first-order valence-corrected chi connectivity index (χ1v) is 6.38. The molecule has 2 aliphatic rings. The van der Waals surface area contributed by atoms with E-state index in [1.165, 1.54) is 0 Å². The first-order chi connectivity index (χ1) is 6.90. The zero-order valence-corrected chi connectivity index (χ0v) is 12.3. The van der Waals surface area contributed by atoms with Crippen LogP contribution >= 0.6 is 22.6 Å². The van der Waals surface area contributed by atoms with Crippen molar-refractivity contribution in [3.63, 3.8) is 0 Å². The molecule has 2 unspecified atom stereocenters. The Morgan fingerprint density at radius 1 is 1.19 bits per heavy atom. The van der Waals surface area contributed by atoms with Gasteiger partial charge in [0.1, 0.15) is 0 Å². The lowest BCUT2D eigenvalue weighted by Gasteiger charge is -2.46. The van der Waals surface area contributed by atoms with Gasteiger partial charge >= 0.3 is 5.97 Å². The van der Waals surface area contributed by atoms with E-state index in [0.717, 1.165) is 0 Å². The van der Waals surface area contributed by atoms with Crippen LogP contribution in [0.25, 0.3) is 0 Å². The molecule has 0 radical (unpaired) electrons. The Morgan fingerprint density at radius 2 is 1.62 bits per heavy atom. The van der Waals surface area contributed by atoms with Crippen LogP contribution in [0.15, 0.2) is 0 Å². The van der Waals surface area contributed by atoms with Crippen LogP contribution in [0.2, 0.25) is 0 Å². The van der Waals surface area contributed by atoms with Gasteiger partial charge in [0, 0.05) is 5.41 Å². The maximum atomic E-state index is 14.9. The van der Waals surface area contributed by atoms with Crippen molar-refractivity contribution in [3.05, 3.63) is 0 Å². The van der Waals surface area contributed by atoms with Crippen molar-refractivity contribution in [2.24, 2.45) is 10.8 Å². The molecule has 1 saturated heterocycles. The van der Waals surface area contributed by atoms with Gasteiger partial charge in [-0.05, 0) is 12.3 Å². The minimum absolute atomic E-state index is 0.418. The molecule has 0 bridgehead atoms. The molecule has 2 N–H and O–H groups in total. The van der Waals surface area contributed by atoms with E-state index < -0.39 is 31.6 Å². The Kier molecular flexibility index (Phi) is 2.02. The number of halogens is 2. The van der Waals surface area contributed by atoms with Gasteiger partial charge in [0.25, 0.3) is 0 Å². The number of fused-ring (bicyclic) bond motifs is 1. The Labute approximate surface area is 108 Å². The minimum atomic E-state index is -1.81. The first-order valence-electron chi connectivity index (χ1n) is 5.31. The standard InChI is InChI=1S/C11H17FINO2/c1-7(2)8(3,4)11(12)10(14-11,6(15)16)9(7,5)13/h14H,1-5H3,(H,15,16)/t9?,10-,11?/m1/s1. The number of aliphatic carboxylic acids is 1. The van der Waals surface area contributed by atoms with Crippen molar-refractivity contribution in [2.75, 3.05) is 0 Å². The lowest BCUT2D eigenvalue weighted by atomic mass is 9.65. The van der Waals surface area contributed by atoms with E-state index in [0.29, 0.717) is 0 Å². The second-order valence-corrected chi connectivity index (χ2v) is 8.25. The smallest absolute Gasteiger partial charge is 0.330 e. The predicted molar refractivity (Wildman–Crippen MR) is 67.3 cm³/mol. The molecule has 0 aromatic heterocycles. The van der Waals surface area contributed by atoms with Gasteiger partial charge in [0.05, 0.1) is 3.42 Å². The predicted octanol–water partition coefficient (Wildman–Crippen LogP) is 2.34. The number of carbonyl (C=O) groups is 1. The molecule has 5 heteroatoms. The van der Waals surface area contributed by atoms with Gasteiger partial charge in [0.2, 0.25) is 0 Å². The van der Waals surface area contributed by atoms with Crippen molar-refractivity contribution in [3.8, 4) is 0 Å². The van der Waals surface area contributed by atoms with Crippen LogP contribution in [0.3, 0.4) is 0 Å². The van der Waals surface area contributed by atoms with Crippen LogP contribution in [-0.4, -0.2) is 25.8 Å². The molecule has 2 fully saturated rings. The zero-order chi connectivity index (χ0) is 12.8. The van der Waals surface area contributed by atoms with Crippen molar-refractivity contribution >= 4 is 28.6 Å². The molecule has 0 aromatic carbocycles. The van der Waals surface area contributed by atoms with E-state index in [-0.39, 0.29) is 0 Å². The molecule has 92 valence electrons. The monoisotopic (exact) mass is 341 g/mol. The molecule has 3 atom stereocenters. The highest BCUT2D eigenvalue weighted by Gasteiger charge is 2.95. The summed E-state index contributed by atoms with van der Waals surface area (Å²) in [7, 11) is 0. The minimum Gasteiger partial charge on any atom is -0.480 e. The molecular weight excluding hydrogens is 324 g/mol. The van der Waals surface area contributed by atoms with Gasteiger partial charge in [-0.1, -0.05) is 50.3 Å². The SMILES string of the molecule is CC1(C)C(C)(C)C2(F)N[C@]2(C(=O)O)C1(C)I. The van der Waals surface area contributed by atoms with Crippen molar-refractivity contribution in [2.45, 2.75) is 49.4 Å². The molecule has 0 spiro atoms. The topological polar surface area (TPSA) is 59.2 Å². The summed E-state index contributed by atoms with van der Waals surface area (Å²) in [6.45, 7) is 9.31. The van der Waals surface area contributed by atoms with E-state index >= 15 is 0 Å². The maximum absolute atomic E-state index is 14.9. The van der Waals surface area contributed by atoms with Gasteiger partial charge in [-0.15, -0.1) is 0 Å². The normalized spacial score (nSPS) is 52.2. The van der Waals surface area contributed by atoms with Crippen LogP contribution in [-0.2, 0) is 4.79 Å². The molecule has 1 aliphatic heterocycles. The fraction of sp³-hybridized carbons (Fsp3) is 0.909. The van der Waals surface area contributed by atoms with E-state index in [1.54, 1.807) is 13.8 Å². The fourth-order valence-corrected chi connectivity index (χ4v) is 4.59. The first kappa shape index (κ1) is 12.5. The van der Waals surface area contributed by atoms with Crippen molar-refractivity contribution in [1.82, 2.24) is 5.32 Å². The fourth-order valence-electron chi connectivity index (χ4n) is 3.18.